The fourth-order valence-corrected chi connectivity index (χ4v) is 3.89. The van der Waals surface area contributed by atoms with Gasteiger partial charge in [-0.15, -0.1) is 0 Å². The van der Waals surface area contributed by atoms with Gasteiger partial charge in [0.1, 0.15) is 5.75 Å². The van der Waals surface area contributed by atoms with Crippen molar-refractivity contribution in [2.75, 3.05) is 20.1 Å². The van der Waals surface area contributed by atoms with E-state index in [4.69, 9.17) is 0 Å². The standard InChI is InChI=1S/C20H21F3N4O/c1-12-7-15(20(21,22)23)8-17(28)18(12)16-4-3-14-11-27(25-19(14)24-16)10-13-5-6-26(2)9-13/h3-4,7-8,11,13,28H,5-6,9-10H2,1-2H3/t13-/m1/s1. The van der Waals surface area contributed by atoms with Gasteiger partial charge in [0.25, 0.3) is 0 Å². The zero-order chi connectivity index (χ0) is 20.1. The Morgan fingerprint density at radius 1 is 1.25 bits per heavy atom. The van der Waals surface area contributed by atoms with Gasteiger partial charge in [-0.25, -0.2) is 4.98 Å². The van der Waals surface area contributed by atoms with Gasteiger partial charge >= 0.3 is 6.18 Å². The molecule has 1 atom stereocenters. The van der Waals surface area contributed by atoms with E-state index in [1.165, 1.54) is 6.92 Å². The third kappa shape index (κ3) is 3.56. The number of hydrogen-bond donors (Lipinski definition) is 1. The van der Waals surface area contributed by atoms with E-state index in [-0.39, 0.29) is 0 Å². The first kappa shape index (κ1) is 18.7. The molecule has 0 unspecified atom stereocenters. The van der Waals surface area contributed by atoms with Crippen LogP contribution in [0.5, 0.6) is 5.75 Å². The van der Waals surface area contributed by atoms with Crippen molar-refractivity contribution >= 4 is 11.0 Å². The van der Waals surface area contributed by atoms with Gasteiger partial charge in [0.05, 0.1) is 11.3 Å². The predicted molar refractivity (Wildman–Crippen MR) is 100.0 cm³/mol. The second-order valence-electron chi connectivity index (χ2n) is 7.56. The molecule has 1 aliphatic heterocycles. The number of aromatic hydroxyl groups is 1. The van der Waals surface area contributed by atoms with E-state index in [0.717, 1.165) is 43.6 Å². The molecule has 1 aromatic carbocycles. The summed E-state index contributed by atoms with van der Waals surface area (Å²) in [5, 5.41) is 15.6. The number of benzene rings is 1. The van der Waals surface area contributed by atoms with Crippen molar-refractivity contribution in [3.05, 3.63) is 41.6 Å². The number of fused-ring (bicyclic) bond motifs is 1. The Morgan fingerprint density at radius 3 is 2.68 bits per heavy atom. The molecule has 1 aliphatic rings. The van der Waals surface area contributed by atoms with E-state index in [2.05, 4.69) is 22.0 Å². The van der Waals surface area contributed by atoms with E-state index >= 15 is 0 Å². The zero-order valence-corrected chi connectivity index (χ0v) is 15.7. The van der Waals surface area contributed by atoms with Crippen LogP contribution in [0.4, 0.5) is 13.2 Å². The molecule has 2 aromatic heterocycles. The molecule has 0 aliphatic carbocycles. The highest BCUT2D eigenvalue weighted by Gasteiger charge is 2.32. The first-order valence-corrected chi connectivity index (χ1v) is 9.14. The predicted octanol–water partition coefficient (Wildman–Crippen LogP) is 4.08. The van der Waals surface area contributed by atoms with E-state index in [1.54, 1.807) is 6.07 Å². The average Bonchev–Trinajstić information content (AvgIpc) is 3.18. The fraction of sp³-hybridized carbons (Fsp3) is 0.400. The third-order valence-electron chi connectivity index (χ3n) is 5.25. The van der Waals surface area contributed by atoms with Gasteiger partial charge in [0.15, 0.2) is 5.65 Å². The summed E-state index contributed by atoms with van der Waals surface area (Å²) in [5.41, 5.74) is 0.650. The number of rotatable bonds is 3. The van der Waals surface area contributed by atoms with Crippen molar-refractivity contribution in [1.29, 1.82) is 0 Å². The highest BCUT2D eigenvalue weighted by Crippen LogP contribution is 2.38. The molecule has 8 heteroatoms. The first-order valence-electron chi connectivity index (χ1n) is 9.14. The molecule has 1 fully saturated rings. The Labute approximate surface area is 160 Å². The second kappa shape index (κ2) is 6.77. The van der Waals surface area contributed by atoms with Gasteiger partial charge in [-0.2, -0.15) is 18.3 Å². The maximum atomic E-state index is 12.9. The van der Waals surface area contributed by atoms with E-state index in [9.17, 15) is 18.3 Å². The molecule has 0 saturated carbocycles. The third-order valence-corrected chi connectivity index (χ3v) is 5.25. The molecule has 0 radical (unpaired) electrons. The lowest BCUT2D eigenvalue weighted by atomic mass is 10.00. The molecular formula is C20H21F3N4O. The molecule has 1 saturated heterocycles. The minimum atomic E-state index is -4.51. The summed E-state index contributed by atoms with van der Waals surface area (Å²) in [6.07, 6.45) is -1.45. The molecule has 1 N–H and O–H groups in total. The summed E-state index contributed by atoms with van der Waals surface area (Å²) >= 11 is 0. The lowest BCUT2D eigenvalue weighted by Gasteiger charge is -2.13. The lowest BCUT2D eigenvalue weighted by Crippen LogP contribution is -2.17. The Morgan fingerprint density at radius 2 is 2.04 bits per heavy atom. The van der Waals surface area contributed by atoms with Gasteiger partial charge in [-0.3, -0.25) is 4.68 Å². The molecule has 3 heterocycles. The Hall–Kier alpha value is -2.61. The SMILES string of the molecule is Cc1cc(C(F)(F)F)cc(O)c1-c1ccc2cn(C[C@@H]3CCN(C)C3)nc2n1. The Balaban J connectivity index is 1.66. The van der Waals surface area contributed by atoms with Gasteiger partial charge in [0, 0.05) is 30.2 Å². The lowest BCUT2D eigenvalue weighted by molar-refractivity contribution is -0.137. The highest BCUT2D eigenvalue weighted by atomic mass is 19.4. The van der Waals surface area contributed by atoms with Crippen molar-refractivity contribution < 1.29 is 18.3 Å². The molecule has 0 amide bonds. The molecular weight excluding hydrogens is 369 g/mol. The molecule has 4 rings (SSSR count). The van der Waals surface area contributed by atoms with Crippen LogP contribution in [0.1, 0.15) is 17.5 Å². The topological polar surface area (TPSA) is 54.2 Å². The van der Waals surface area contributed by atoms with Crippen molar-refractivity contribution in [3.63, 3.8) is 0 Å². The summed E-state index contributed by atoms with van der Waals surface area (Å²) in [5.74, 6) is 0.104. The number of phenols is 1. The molecule has 148 valence electrons. The fourth-order valence-electron chi connectivity index (χ4n) is 3.89. The number of nitrogens with zero attached hydrogens (tertiary/aromatic N) is 4. The van der Waals surface area contributed by atoms with Crippen molar-refractivity contribution in [3.8, 4) is 17.0 Å². The number of hydrogen-bond acceptors (Lipinski definition) is 4. The second-order valence-corrected chi connectivity index (χ2v) is 7.56. The van der Waals surface area contributed by atoms with Gasteiger partial charge in [-0.05, 0) is 62.7 Å². The van der Waals surface area contributed by atoms with Crippen LogP contribution in [0.3, 0.4) is 0 Å². The number of alkyl halides is 3. The van der Waals surface area contributed by atoms with Crippen LogP contribution >= 0.6 is 0 Å². The largest absolute Gasteiger partial charge is 0.507 e. The molecule has 3 aromatic rings. The van der Waals surface area contributed by atoms with E-state index in [0.29, 0.717) is 28.4 Å². The zero-order valence-electron chi connectivity index (χ0n) is 15.7. The number of likely N-dealkylation sites (tertiary alicyclic amines) is 1. The monoisotopic (exact) mass is 390 g/mol. The van der Waals surface area contributed by atoms with Crippen molar-refractivity contribution in [1.82, 2.24) is 19.7 Å². The van der Waals surface area contributed by atoms with Crippen LogP contribution in [0, 0.1) is 12.8 Å². The summed E-state index contributed by atoms with van der Waals surface area (Å²) in [7, 11) is 2.10. The van der Waals surface area contributed by atoms with Crippen LogP contribution < -0.4 is 0 Å². The highest BCUT2D eigenvalue weighted by molar-refractivity contribution is 5.80. The molecule has 0 spiro atoms. The summed E-state index contributed by atoms with van der Waals surface area (Å²) in [6.45, 7) is 4.46. The van der Waals surface area contributed by atoms with Crippen LogP contribution in [-0.2, 0) is 12.7 Å². The summed E-state index contributed by atoms with van der Waals surface area (Å²) in [6, 6.07) is 5.30. The number of pyridine rings is 1. The number of halogens is 3. The van der Waals surface area contributed by atoms with Gasteiger partial charge in [-0.1, -0.05) is 0 Å². The van der Waals surface area contributed by atoms with E-state index < -0.39 is 17.5 Å². The summed E-state index contributed by atoms with van der Waals surface area (Å²) in [4.78, 5) is 6.78. The van der Waals surface area contributed by atoms with Crippen molar-refractivity contribution in [2.45, 2.75) is 26.1 Å². The maximum Gasteiger partial charge on any atom is 0.416 e. The van der Waals surface area contributed by atoms with Crippen LogP contribution in [0.25, 0.3) is 22.3 Å². The van der Waals surface area contributed by atoms with Crippen LogP contribution in [0.15, 0.2) is 30.5 Å². The minimum absolute atomic E-state index is 0.293. The van der Waals surface area contributed by atoms with Gasteiger partial charge < -0.3 is 10.0 Å². The number of aryl methyl sites for hydroxylation is 1. The Bertz CT molecular complexity index is 1000. The van der Waals surface area contributed by atoms with E-state index in [1.807, 2.05) is 16.9 Å². The Kier molecular flexibility index (Phi) is 4.53. The quantitative estimate of drug-likeness (QED) is 0.732. The average molecular weight is 390 g/mol. The molecule has 28 heavy (non-hydrogen) atoms. The molecule has 5 nitrogen and oxygen atoms in total. The maximum absolute atomic E-state index is 12.9. The summed E-state index contributed by atoms with van der Waals surface area (Å²) < 4.78 is 40.7. The molecule has 0 bridgehead atoms. The van der Waals surface area contributed by atoms with Gasteiger partial charge in [0.2, 0.25) is 0 Å². The first-order chi connectivity index (χ1) is 13.2. The minimum Gasteiger partial charge on any atom is -0.507 e. The van der Waals surface area contributed by atoms with Crippen LogP contribution in [0.2, 0.25) is 0 Å². The smallest absolute Gasteiger partial charge is 0.416 e. The normalized spacial score (nSPS) is 18.2. The van der Waals surface area contributed by atoms with Crippen LogP contribution in [-0.4, -0.2) is 44.9 Å². The number of aromatic nitrogens is 3. The number of phenolic OH excluding ortho intramolecular Hbond substituents is 1. The van der Waals surface area contributed by atoms with Crippen molar-refractivity contribution in [2.24, 2.45) is 5.92 Å².